The predicted octanol–water partition coefficient (Wildman–Crippen LogP) is 6.71. The monoisotopic (exact) mass is 683 g/mol. The lowest BCUT2D eigenvalue weighted by molar-refractivity contribution is -0.129. The molecule has 5 rings (SSSR count). The number of amides is 4. The number of hydrogen-bond donors (Lipinski definition) is 3. The highest BCUT2D eigenvalue weighted by molar-refractivity contribution is 8.00. The van der Waals surface area contributed by atoms with Gasteiger partial charge >= 0.3 is 0 Å². The lowest BCUT2D eigenvalue weighted by atomic mass is 10.0. The molecule has 1 atom stereocenters. The Morgan fingerprint density at radius 2 is 1.79 bits per heavy atom. The second kappa shape index (κ2) is 15.1. The Labute approximate surface area is 285 Å². The Kier molecular flexibility index (Phi) is 10.8. The van der Waals surface area contributed by atoms with Crippen molar-refractivity contribution in [1.82, 2.24) is 10.2 Å². The third kappa shape index (κ3) is 8.48. The van der Waals surface area contributed by atoms with E-state index in [1.807, 2.05) is 6.07 Å². The van der Waals surface area contributed by atoms with Gasteiger partial charge in [0.2, 0.25) is 11.8 Å². The van der Waals surface area contributed by atoms with Crippen LogP contribution in [-0.4, -0.2) is 40.3 Å². The standard InChI is InChI=1S/C35H30ClN5O4S2/c1-21(32(43)40-35-29(19-37)28-14-15-41(22(2)42)20-31(28)47-35)46-27-13-7-12-26(18-27)38-34(45)30(17-23-8-6-11-25(36)16-23)39-33(44)24-9-4-3-5-10-24/h3-13,16-18,21H,14-15,20H2,1-2H3,(H,38,45)(H,39,44)(H,40,43)/b30-17-. The zero-order valence-corrected chi connectivity index (χ0v) is 27.9. The van der Waals surface area contributed by atoms with Crippen LogP contribution in [0.15, 0.2) is 89.5 Å². The molecule has 0 bridgehead atoms. The number of anilines is 2. The summed E-state index contributed by atoms with van der Waals surface area (Å²) in [6.07, 6.45) is 2.11. The molecule has 3 N–H and O–H groups in total. The number of thioether (sulfide) groups is 1. The number of nitriles is 1. The molecule has 47 heavy (non-hydrogen) atoms. The van der Waals surface area contributed by atoms with Gasteiger partial charge in [0.15, 0.2) is 0 Å². The maximum Gasteiger partial charge on any atom is 0.272 e. The van der Waals surface area contributed by atoms with Crippen LogP contribution in [0.4, 0.5) is 10.7 Å². The van der Waals surface area contributed by atoms with Crippen LogP contribution in [0, 0.1) is 11.3 Å². The average molecular weight is 684 g/mol. The molecule has 0 saturated carbocycles. The zero-order valence-electron chi connectivity index (χ0n) is 25.5. The lowest BCUT2D eigenvalue weighted by Gasteiger charge is -2.25. The summed E-state index contributed by atoms with van der Waals surface area (Å²) in [5.41, 5.74) is 2.84. The summed E-state index contributed by atoms with van der Waals surface area (Å²) in [6, 6.07) is 24.7. The maximum atomic E-state index is 13.5. The molecule has 1 unspecified atom stereocenters. The van der Waals surface area contributed by atoms with Gasteiger partial charge < -0.3 is 20.9 Å². The van der Waals surface area contributed by atoms with Crippen LogP contribution >= 0.6 is 34.7 Å². The minimum Gasteiger partial charge on any atom is -0.337 e. The Morgan fingerprint density at radius 3 is 2.51 bits per heavy atom. The molecule has 1 aromatic heterocycles. The molecule has 3 aromatic carbocycles. The molecule has 1 aliphatic rings. The van der Waals surface area contributed by atoms with Gasteiger partial charge in [-0.2, -0.15) is 5.26 Å². The fourth-order valence-corrected chi connectivity index (χ4v) is 7.24. The van der Waals surface area contributed by atoms with E-state index in [0.29, 0.717) is 51.9 Å². The second-order valence-electron chi connectivity index (χ2n) is 10.7. The van der Waals surface area contributed by atoms with E-state index in [0.717, 1.165) is 15.3 Å². The summed E-state index contributed by atoms with van der Waals surface area (Å²) in [6.45, 7) is 4.24. The SMILES string of the molecule is CC(=O)N1CCc2c(sc(NC(=O)C(C)Sc3cccc(NC(=O)/C(=C/c4cccc(Cl)c4)NC(=O)c4ccccc4)c3)c2C#N)C1. The number of fused-ring (bicyclic) bond motifs is 1. The first-order chi connectivity index (χ1) is 22.6. The van der Waals surface area contributed by atoms with Gasteiger partial charge in [-0.3, -0.25) is 19.2 Å². The highest BCUT2D eigenvalue weighted by atomic mass is 35.5. The van der Waals surface area contributed by atoms with E-state index in [4.69, 9.17) is 11.6 Å². The molecule has 2 heterocycles. The van der Waals surface area contributed by atoms with Gasteiger partial charge in [0, 0.05) is 39.5 Å². The summed E-state index contributed by atoms with van der Waals surface area (Å²) in [7, 11) is 0. The van der Waals surface area contributed by atoms with Crippen LogP contribution in [0.1, 0.15) is 45.8 Å². The number of nitrogens with one attached hydrogen (secondary N) is 3. The molecule has 1 aliphatic heterocycles. The van der Waals surface area contributed by atoms with E-state index in [9.17, 15) is 24.4 Å². The van der Waals surface area contributed by atoms with Gasteiger partial charge in [-0.05, 0) is 73.0 Å². The molecule has 0 saturated heterocycles. The molecule has 238 valence electrons. The van der Waals surface area contributed by atoms with Gasteiger partial charge in [0.25, 0.3) is 11.8 Å². The number of thiophene rings is 1. The van der Waals surface area contributed by atoms with Crippen LogP contribution in [-0.2, 0) is 27.3 Å². The first-order valence-corrected chi connectivity index (χ1v) is 16.7. The van der Waals surface area contributed by atoms with Crippen molar-refractivity contribution in [1.29, 1.82) is 5.26 Å². The molecule has 4 aromatic rings. The van der Waals surface area contributed by atoms with Crippen LogP contribution in [0.2, 0.25) is 5.02 Å². The number of rotatable bonds is 9. The minimum atomic E-state index is -0.545. The smallest absolute Gasteiger partial charge is 0.272 e. The Bertz CT molecular complexity index is 1920. The van der Waals surface area contributed by atoms with Crippen molar-refractivity contribution in [2.24, 2.45) is 0 Å². The highest BCUT2D eigenvalue weighted by Gasteiger charge is 2.27. The topological polar surface area (TPSA) is 131 Å². The number of carbonyl (C=O) groups excluding carboxylic acids is 4. The number of benzene rings is 3. The molecule has 0 radical (unpaired) electrons. The molecule has 4 amide bonds. The fourth-order valence-electron chi connectivity index (χ4n) is 4.90. The van der Waals surface area contributed by atoms with Crippen LogP contribution in [0.25, 0.3) is 6.08 Å². The normalized spacial score (nSPS) is 13.1. The van der Waals surface area contributed by atoms with E-state index in [1.54, 1.807) is 90.7 Å². The molecule has 0 spiro atoms. The Balaban J connectivity index is 1.28. The number of hydrogen-bond acceptors (Lipinski definition) is 7. The van der Waals surface area contributed by atoms with Gasteiger partial charge in [0.05, 0.1) is 17.4 Å². The summed E-state index contributed by atoms with van der Waals surface area (Å²) < 4.78 is 0. The van der Waals surface area contributed by atoms with Crippen molar-refractivity contribution in [3.05, 3.63) is 117 Å². The van der Waals surface area contributed by atoms with E-state index in [-0.39, 0.29) is 17.5 Å². The third-order valence-electron chi connectivity index (χ3n) is 7.31. The van der Waals surface area contributed by atoms with Crippen LogP contribution in [0.5, 0.6) is 0 Å². The summed E-state index contributed by atoms with van der Waals surface area (Å²) >= 11 is 8.77. The largest absolute Gasteiger partial charge is 0.337 e. The van der Waals surface area contributed by atoms with E-state index < -0.39 is 17.1 Å². The minimum absolute atomic E-state index is 0.0188. The second-order valence-corrected chi connectivity index (χ2v) is 13.6. The first-order valence-electron chi connectivity index (χ1n) is 14.6. The quantitative estimate of drug-likeness (QED) is 0.133. The predicted molar refractivity (Wildman–Crippen MR) is 186 cm³/mol. The first kappa shape index (κ1) is 33.5. The summed E-state index contributed by atoms with van der Waals surface area (Å²) in [4.78, 5) is 54.8. The molecular weight excluding hydrogens is 654 g/mol. The van der Waals surface area contributed by atoms with E-state index in [1.165, 1.54) is 30.0 Å². The Morgan fingerprint density at radius 1 is 1.02 bits per heavy atom. The number of carbonyl (C=O) groups is 4. The number of halogens is 1. The molecular formula is C35H30ClN5O4S2. The van der Waals surface area contributed by atoms with Crippen molar-refractivity contribution in [3.63, 3.8) is 0 Å². The van der Waals surface area contributed by atoms with Crippen molar-refractivity contribution in [2.75, 3.05) is 17.2 Å². The molecule has 0 fully saturated rings. The molecule has 9 nitrogen and oxygen atoms in total. The lowest BCUT2D eigenvalue weighted by Crippen LogP contribution is -2.33. The van der Waals surface area contributed by atoms with Crippen LogP contribution < -0.4 is 16.0 Å². The van der Waals surface area contributed by atoms with E-state index >= 15 is 0 Å². The Hall–Kier alpha value is -4.89. The van der Waals surface area contributed by atoms with Gasteiger partial charge in [0.1, 0.15) is 16.8 Å². The van der Waals surface area contributed by atoms with Gasteiger partial charge in [-0.15, -0.1) is 23.1 Å². The number of nitrogens with zero attached hydrogens (tertiary/aromatic N) is 2. The van der Waals surface area contributed by atoms with E-state index in [2.05, 4.69) is 22.0 Å². The maximum absolute atomic E-state index is 13.5. The molecule has 12 heteroatoms. The van der Waals surface area contributed by atoms with Crippen LogP contribution in [0.3, 0.4) is 0 Å². The summed E-state index contributed by atoms with van der Waals surface area (Å²) in [5.74, 6) is -1.29. The summed E-state index contributed by atoms with van der Waals surface area (Å²) in [5, 5.41) is 18.7. The van der Waals surface area contributed by atoms with Crippen molar-refractivity contribution in [3.8, 4) is 6.07 Å². The zero-order chi connectivity index (χ0) is 33.5. The fraction of sp³-hybridized carbons (Fsp3) is 0.171. The van der Waals surface area contributed by atoms with Gasteiger partial charge in [-0.1, -0.05) is 48.0 Å². The van der Waals surface area contributed by atoms with Crippen molar-refractivity contribution >= 4 is 75.1 Å². The van der Waals surface area contributed by atoms with Crippen molar-refractivity contribution in [2.45, 2.75) is 37.0 Å². The highest BCUT2D eigenvalue weighted by Crippen LogP contribution is 2.37. The molecule has 0 aliphatic carbocycles. The van der Waals surface area contributed by atoms with Crippen molar-refractivity contribution < 1.29 is 19.2 Å². The van der Waals surface area contributed by atoms with Gasteiger partial charge in [-0.25, -0.2) is 0 Å². The average Bonchev–Trinajstić information content (AvgIpc) is 3.41. The third-order valence-corrected chi connectivity index (χ3v) is 9.77.